The average Bonchev–Trinajstić information content (AvgIpc) is 2.75. The Labute approximate surface area is 136 Å². The molecule has 1 aromatic heterocycles. The van der Waals surface area contributed by atoms with Gasteiger partial charge in [0, 0.05) is 0 Å². The number of halogens is 2. The molecule has 0 spiro atoms. The molecule has 0 radical (unpaired) electrons. The van der Waals surface area contributed by atoms with Gasteiger partial charge in [0.15, 0.2) is 4.80 Å². The summed E-state index contributed by atoms with van der Waals surface area (Å²) in [6.07, 6.45) is 0. The standard InChI is InChI=1S/C12H13Cl2N2O3PS/c1-3-19-11(17)7-16-9-5-4-8(18-2)6-10(9)21-12(16)15-20(13)14/h4-6H,3,7H2,1-2H3. The van der Waals surface area contributed by atoms with Gasteiger partial charge in [0.1, 0.15) is 12.3 Å². The highest BCUT2D eigenvalue weighted by molar-refractivity contribution is 8.02. The second-order valence-corrected chi connectivity index (χ2v) is 8.00. The molecule has 0 amide bonds. The van der Waals surface area contributed by atoms with Crippen molar-refractivity contribution in [2.75, 3.05) is 13.7 Å². The molecule has 0 fully saturated rings. The van der Waals surface area contributed by atoms with Crippen molar-refractivity contribution in [2.24, 2.45) is 4.76 Å². The summed E-state index contributed by atoms with van der Waals surface area (Å²) < 4.78 is 17.1. The fourth-order valence-electron chi connectivity index (χ4n) is 1.81. The van der Waals surface area contributed by atoms with Gasteiger partial charge in [-0.05, 0) is 25.1 Å². The van der Waals surface area contributed by atoms with E-state index >= 15 is 0 Å². The highest BCUT2D eigenvalue weighted by Crippen LogP contribution is 2.47. The van der Waals surface area contributed by atoms with E-state index in [1.54, 1.807) is 18.6 Å². The third-order valence-electron chi connectivity index (χ3n) is 2.64. The molecular weight excluding hydrogens is 354 g/mol. The first-order chi connectivity index (χ1) is 10.0. The van der Waals surface area contributed by atoms with Crippen LogP contribution >= 0.6 is 40.6 Å². The minimum absolute atomic E-state index is 0.0654. The van der Waals surface area contributed by atoms with E-state index in [9.17, 15) is 4.79 Å². The van der Waals surface area contributed by atoms with Crippen LogP contribution in [0.25, 0.3) is 10.2 Å². The van der Waals surface area contributed by atoms with Crippen molar-refractivity contribution in [1.29, 1.82) is 0 Å². The number of fused-ring (bicyclic) bond motifs is 1. The highest BCUT2D eigenvalue weighted by Gasteiger charge is 2.12. The Kier molecular flexibility index (Phi) is 5.88. The topological polar surface area (TPSA) is 52.8 Å². The number of benzene rings is 1. The summed E-state index contributed by atoms with van der Waals surface area (Å²) in [7, 11) is 1.60. The summed E-state index contributed by atoms with van der Waals surface area (Å²) in [4.78, 5) is 12.3. The van der Waals surface area contributed by atoms with Crippen molar-refractivity contribution in [3.8, 4) is 5.75 Å². The van der Waals surface area contributed by atoms with Crippen LogP contribution in [0.4, 0.5) is 0 Å². The summed E-state index contributed by atoms with van der Waals surface area (Å²) >= 11 is 13.0. The van der Waals surface area contributed by atoms with Crippen LogP contribution in [0.2, 0.25) is 0 Å². The number of esters is 1. The Balaban J connectivity index is 2.55. The maximum absolute atomic E-state index is 11.7. The molecule has 0 saturated carbocycles. The average molecular weight is 367 g/mol. The van der Waals surface area contributed by atoms with E-state index in [2.05, 4.69) is 4.76 Å². The number of ether oxygens (including phenoxy) is 2. The molecular formula is C12H13Cl2N2O3PS. The zero-order valence-corrected chi connectivity index (χ0v) is 14.6. The molecule has 0 aliphatic heterocycles. The minimum Gasteiger partial charge on any atom is -0.497 e. The zero-order chi connectivity index (χ0) is 15.4. The third kappa shape index (κ3) is 4.10. The molecule has 21 heavy (non-hydrogen) atoms. The van der Waals surface area contributed by atoms with Gasteiger partial charge in [0.25, 0.3) is 0 Å². The van der Waals surface area contributed by atoms with Crippen LogP contribution in [-0.2, 0) is 16.1 Å². The van der Waals surface area contributed by atoms with E-state index in [0.29, 0.717) is 11.4 Å². The lowest BCUT2D eigenvalue weighted by Gasteiger charge is -2.05. The van der Waals surface area contributed by atoms with Crippen LogP contribution in [-0.4, -0.2) is 24.3 Å². The van der Waals surface area contributed by atoms with E-state index in [1.165, 1.54) is 11.3 Å². The van der Waals surface area contributed by atoms with Gasteiger partial charge >= 0.3 is 5.97 Å². The maximum Gasteiger partial charge on any atom is 0.326 e. The molecule has 9 heteroatoms. The predicted octanol–water partition coefficient (Wildman–Crippen LogP) is 3.88. The molecule has 1 aromatic carbocycles. The molecule has 0 unspecified atom stereocenters. The largest absolute Gasteiger partial charge is 0.497 e. The molecule has 0 atom stereocenters. The zero-order valence-electron chi connectivity index (χ0n) is 11.4. The lowest BCUT2D eigenvalue weighted by atomic mass is 10.3. The normalized spacial score (nSPS) is 12.1. The van der Waals surface area contributed by atoms with Crippen LogP contribution in [0, 0.1) is 0 Å². The van der Waals surface area contributed by atoms with Crippen molar-refractivity contribution < 1.29 is 14.3 Å². The summed E-state index contributed by atoms with van der Waals surface area (Å²) in [6, 6.07) is 5.57. The van der Waals surface area contributed by atoms with Crippen LogP contribution in [0.3, 0.4) is 0 Å². The van der Waals surface area contributed by atoms with E-state index < -0.39 is 6.78 Å². The van der Waals surface area contributed by atoms with Gasteiger partial charge in [0.05, 0.1) is 23.9 Å². The van der Waals surface area contributed by atoms with Crippen molar-refractivity contribution in [3.05, 3.63) is 23.0 Å². The Bertz CT molecular complexity index is 714. The Hall–Kier alpha value is -0.810. The Morgan fingerprint density at radius 2 is 2.24 bits per heavy atom. The van der Waals surface area contributed by atoms with Gasteiger partial charge < -0.3 is 14.0 Å². The predicted molar refractivity (Wildman–Crippen MR) is 87.2 cm³/mol. The SMILES string of the molecule is CCOC(=O)Cn1c(=NP(Cl)Cl)sc2cc(OC)ccc21. The van der Waals surface area contributed by atoms with Gasteiger partial charge in [0.2, 0.25) is 6.78 Å². The lowest BCUT2D eigenvalue weighted by Crippen LogP contribution is -2.21. The molecule has 0 N–H and O–H groups in total. The van der Waals surface area contributed by atoms with Gasteiger partial charge in [-0.25, -0.2) is 4.76 Å². The number of thiazole rings is 1. The van der Waals surface area contributed by atoms with Crippen molar-refractivity contribution in [3.63, 3.8) is 0 Å². The molecule has 2 aromatic rings. The number of rotatable bonds is 5. The number of aromatic nitrogens is 1. The highest BCUT2D eigenvalue weighted by atomic mass is 35.9. The van der Waals surface area contributed by atoms with Crippen LogP contribution < -0.4 is 9.54 Å². The molecule has 0 aliphatic carbocycles. The second kappa shape index (κ2) is 7.45. The number of carbonyl (C=O) groups is 1. The minimum atomic E-state index is -1.50. The molecule has 2 rings (SSSR count). The first kappa shape index (κ1) is 16.6. The summed E-state index contributed by atoms with van der Waals surface area (Å²) in [5.41, 5.74) is 0.859. The Morgan fingerprint density at radius 3 is 2.86 bits per heavy atom. The van der Waals surface area contributed by atoms with Gasteiger partial charge in [-0.2, -0.15) is 0 Å². The third-order valence-corrected chi connectivity index (χ3v) is 4.61. The molecule has 114 valence electrons. The van der Waals surface area contributed by atoms with Gasteiger partial charge in [-0.15, -0.1) is 0 Å². The Morgan fingerprint density at radius 1 is 1.48 bits per heavy atom. The fourth-order valence-corrected chi connectivity index (χ4v) is 4.08. The molecule has 0 saturated heterocycles. The monoisotopic (exact) mass is 366 g/mol. The van der Waals surface area contributed by atoms with E-state index in [1.807, 2.05) is 18.2 Å². The molecule has 0 aliphatic rings. The molecule has 1 heterocycles. The number of methoxy groups -OCH3 is 1. The van der Waals surface area contributed by atoms with E-state index in [4.69, 9.17) is 32.0 Å². The number of hydrogen-bond donors (Lipinski definition) is 0. The van der Waals surface area contributed by atoms with Crippen LogP contribution in [0.1, 0.15) is 6.92 Å². The van der Waals surface area contributed by atoms with Crippen LogP contribution in [0.15, 0.2) is 23.0 Å². The van der Waals surface area contributed by atoms with E-state index in [-0.39, 0.29) is 12.5 Å². The van der Waals surface area contributed by atoms with Gasteiger partial charge in [-0.1, -0.05) is 33.8 Å². The fraction of sp³-hybridized carbons (Fsp3) is 0.333. The maximum atomic E-state index is 11.7. The first-order valence-corrected chi connectivity index (χ1v) is 9.96. The lowest BCUT2D eigenvalue weighted by molar-refractivity contribution is -0.143. The van der Waals surface area contributed by atoms with Crippen molar-refractivity contribution >= 4 is 56.8 Å². The number of nitrogens with zero attached hydrogens (tertiary/aromatic N) is 2. The molecule has 5 nitrogen and oxygen atoms in total. The molecule has 0 bridgehead atoms. The first-order valence-electron chi connectivity index (χ1n) is 6.04. The quantitative estimate of drug-likeness (QED) is 0.595. The van der Waals surface area contributed by atoms with Crippen molar-refractivity contribution in [1.82, 2.24) is 4.57 Å². The summed E-state index contributed by atoms with van der Waals surface area (Å²) in [5, 5.41) is 0. The smallest absolute Gasteiger partial charge is 0.326 e. The van der Waals surface area contributed by atoms with Gasteiger partial charge in [-0.3, -0.25) is 4.79 Å². The van der Waals surface area contributed by atoms with Crippen molar-refractivity contribution in [2.45, 2.75) is 13.5 Å². The summed E-state index contributed by atoms with van der Waals surface area (Å²) in [5.74, 6) is 0.403. The number of hydrogen-bond acceptors (Lipinski definition) is 5. The number of carbonyl (C=O) groups excluding carboxylic acids is 1. The van der Waals surface area contributed by atoms with E-state index in [0.717, 1.165) is 16.0 Å². The summed E-state index contributed by atoms with van der Waals surface area (Å²) in [6.45, 7) is 0.665. The van der Waals surface area contributed by atoms with Crippen LogP contribution in [0.5, 0.6) is 5.75 Å². The second-order valence-electron chi connectivity index (χ2n) is 3.92.